The predicted octanol–water partition coefficient (Wildman–Crippen LogP) is 4.53. The van der Waals surface area contributed by atoms with Gasteiger partial charge in [-0.2, -0.15) is 0 Å². The highest BCUT2D eigenvalue weighted by Crippen LogP contribution is 2.26. The number of piperazine rings is 1. The Morgan fingerprint density at radius 3 is 2.39 bits per heavy atom. The third-order valence-corrected chi connectivity index (χ3v) is 6.29. The molecule has 4 aromatic rings. The average molecular weight is 412 g/mol. The van der Waals surface area contributed by atoms with Crippen molar-refractivity contribution in [3.63, 3.8) is 0 Å². The molecule has 0 saturated carbocycles. The Balaban J connectivity index is 1.41. The molecule has 2 heterocycles. The van der Waals surface area contributed by atoms with E-state index >= 15 is 0 Å². The smallest absolute Gasteiger partial charge is 0.349 e. The van der Waals surface area contributed by atoms with Crippen LogP contribution in [0.25, 0.3) is 21.7 Å². The van der Waals surface area contributed by atoms with Crippen molar-refractivity contribution in [3.8, 4) is 0 Å². The SMILES string of the molecule is Cc1ccc(N2CCN(C(=O)c3cc4c(ccc5ccccc54)oc3=O)CC2)cc1C. The monoisotopic (exact) mass is 412 g/mol. The van der Waals surface area contributed by atoms with Gasteiger partial charge in [0.1, 0.15) is 11.1 Å². The summed E-state index contributed by atoms with van der Waals surface area (Å²) < 4.78 is 5.51. The molecular formula is C26H24N2O3. The fourth-order valence-corrected chi connectivity index (χ4v) is 4.28. The van der Waals surface area contributed by atoms with Crippen molar-refractivity contribution in [3.05, 3.63) is 87.8 Å². The largest absolute Gasteiger partial charge is 0.422 e. The van der Waals surface area contributed by atoms with Gasteiger partial charge in [-0.15, -0.1) is 0 Å². The molecule has 0 bridgehead atoms. The van der Waals surface area contributed by atoms with Crippen molar-refractivity contribution in [2.45, 2.75) is 13.8 Å². The molecule has 1 aliphatic rings. The second-order valence-corrected chi connectivity index (χ2v) is 8.19. The van der Waals surface area contributed by atoms with Crippen molar-refractivity contribution in [1.29, 1.82) is 0 Å². The molecule has 1 amide bonds. The lowest BCUT2D eigenvalue weighted by molar-refractivity contribution is 0.0742. The number of hydrogen-bond donors (Lipinski definition) is 0. The Morgan fingerprint density at radius 2 is 1.61 bits per heavy atom. The van der Waals surface area contributed by atoms with Gasteiger partial charge in [-0.25, -0.2) is 4.79 Å². The van der Waals surface area contributed by atoms with E-state index in [0.29, 0.717) is 18.7 Å². The number of benzene rings is 3. The molecule has 1 aromatic heterocycles. The van der Waals surface area contributed by atoms with Crippen LogP contribution in [0.4, 0.5) is 5.69 Å². The van der Waals surface area contributed by atoms with Gasteiger partial charge in [0.2, 0.25) is 0 Å². The molecule has 1 aliphatic heterocycles. The van der Waals surface area contributed by atoms with Crippen LogP contribution in [0, 0.1) is 13.8 Å². The summed E-state index contributed by atoms with van der Waals surface area (Å²) in [6, 6.07) is 19.8. The number of amides is 1. The van der Waals surface area contributed by atoms with Gasteiger partial charge in [0, 0.05) is 37.3 Å². The molecule has 0 N–H and O–H groups in total. The number of carbonyl (C=O) groups excluding carboxylic acids is 1. The first-order valence-corrected chi connectivity index (χ1v) is 10.6. The molecule has 1 saturated heterocycles. The third kappa shape index (κ3) is 3.46. The van der Waals surface area contributed by atoms with Crippen LogP contribution in [0.1, 0.15) is 21.5 Å². The van der Waals surface area contributed by atoms with Gasteiger partial charge in [0.15, 0.2) is 0 Å². The van der Waals surface area contributed by atoms with Gasteiger partial charge < -0.3 is 14.2 Å². The fraction of sp³-hybridized carbons (Fsp3) is 0.231. The first-order chi connectivity index (χ1) is 15.0. The van der Waals surface area contributed by atoms with Gasteiger partial charge in [-0.05, 0) is 60.0 Å². The van der Waals surface area contributed by atoms with Crippen molar-refractivity contribution in [2.75, 3.05) is 31.1 Å². The second-order valence-electron chi connectivity index (χ2n) is 8.19. The summed E-state index contributed by atoms with van der Waals surface area (Å²) in [5.74, 6) is -0.261. The summed E-state index contributed by atoms with van der Waals surface area (Å²) >= 11 is 0. The maximum atomic E-state index is 13.2. The van der Waals surface area contributed by atoms with E-state index < -0.39 is 5.63 Å². The average Bonchev–Trinajstić information content (AvgIpc) is 2.80. The Bertz CT molecular complexity index is 1360. The van der Waals surface area contributed by atoms with Gasteiger partial charge in [-0.1, -0.05) is 36.4 Å². The van der Waals surface area contributed by atoms with Crippen molar-refractivity contribution >= 4 is 33.3 Å². The lowest BCUT2D eigenvalue weighted by Gasteiger charge is -2.36. The minimum absolute atomic E-state index is 0.100. The zero-order chi connectivity index (χ0) is 21.5. The topological polar surface area (TPSA) is 53.8 Å². The van der Waals surface area contributed by atoms with Crippen molar-refractivity contribution in [2.24, 2.45) is 0 Å². The van der Waals surface area contributed by atoms with Crippen LogP contribution in [0.2, 0.25) is 0 Å². The molecule has 0 radical (unpaired) electrons. The summed E-state index contributed by atoms with van der Waals surface area (Å²) in [5, 5.41) is 2.80. The van der Waals surface area contributed by atoms with E-state index in [1.807, 2.05) is 30.3 Å². The molecule has 31 heavy (non-hydrogen) atoms. The molecule has 0 aliphatic carbocycles. The number of fused-ring (bicyclic) bond motifs is 3. The Hall–Kier alpha value is -3.60. The molecule has 1 fully saturated rings. The summed E-state index contributed by atoms with van der Waals surface area (Å²) in [6.07, 6.45) is 0. The molecule has 156 valence electrons. The number of hydrogen-bond acceptors (Lipinski definition) is 4. The Morgan fingerprint density at radius 1 is 0.839 bits per heavy atom. The first kappa shape index (κ1) is 19.4. The number of rotatable bonds is 2. The normalized spacial score (nSPS) is 14.4. The van der Waals surface area contributed by atoms with E-state index in [2.05, 4.69) is 36.9 Å². The zero-order valence-electron chi connectivity index (χ0n) is 17.7. The van der Waals surface area contributed by atoms with Crippen LogP contribution in [0.15, 0.2) is 69.9 Å². The first-order valence-electron chi connectivity index (χ1n) is 10.6. The molecule has 3 aromatic carbocycles. The molecular weight excluding hydrogens is 388 g/mol. The maximum absolute atomic E-state index is 13.2. The van der Waals surface area contributed by atoms with E-state index in [9.17, 15) is 9.59 Å². The molecule has 0 atom stereocenters. The molecule has 5 nitrogen and oxygen atoms in total. The second kappa shape index (κ2) is 7.58. The van der Waals surface area contributed by atoms with Gasteiger partial charge in [0.25, 0.3) is 5.91 Å². The number of nitrogens with zero attached hydrogens (tertiary/aromatic N) is 2. The van der Waals surface area contributed by atoms with Crippen LogP contribution in [-0.2, 0) is 0 Å². The zero-order valence-corrected chi connectivity index (χ0v) is 17.7. The minimum Gasteiger partial charge on any atom is -0.422 e. The van der Waals surface area contributed by atoms with Crippen LogP contribution in [0.5, 0.6) is 0 Å². The lowest BCUT2D eigenvalue weighted by atomic mass is 10.0. The summed E-state index contributed by atoms with van der Waals surface area (Å²) in [7, 11) is 0. The number of aryl methyl sites for hydroxylation is 2. The fourth-order valence-electron chi connectivity index (χ4n) is 4.28. The van der Waals surface area contributed by atoms with E-state index in [0.717, 1.165) is 29.2 Å². The molecule has 0 unspecified atom stereocenters. The van der Waals surface area contributed by atoms with Crippen LogP contribution < -0.4 is 10.5 Å². The molecule has 0 spiro atoms. The molecule has 5 rings (SSSR count). The summed E-state index contributed by atoms with van der Waals surface area (Å²) in [6.45, 7) is 6.82. The van der Waals surface area contributed by atoms with E-state index in [-0.39, 0.29) is 11.5 Å². The van der Waals surface area contributed by atoms with Crippen molar-refractivity contribution in [1.82, 2.24) is 4.90 Å². The number of carbonyl (C=O) groups is 1. The summed E-state index contributed by atoms with van der Waals surface area (Å²) in [4.78, 5) is 29.8. The third-order valence-electron chi connectivity index (χ3n) is 6.29. The Kier molecular flexibility index (Phi) is 4.74. The van der Waals surface area contributed by atoms with Gasteiger partial charge in [0.05, 0.1) is 0 Å². The van der Waals surface area contributed by atoms with Crippen molar-refractivity contribution < 1.29 is 9.21 Å². The van der Waals surface area contributed by atoms with Crippen LogP contribution >= 0.6 is 0 Å². The predicted molar refractivity (Wildman–Crippen MR) is 124 cm³/mol. The van der Waals surface area contributed by atoms with E-state index in [1.165, 1.54) is 16.8 Å². The highest BCUT2D eigenvalue weighted by Gasteiger charge is 2.25. The van der Waals surface area contributed by atoms with Crippen LogP contribution in [-0.4, -0.2) is 37.0 Å². The Labute approximate surface area is 180 Å². The van der Waals surface area contributed by atoms with Crippen LogP contribution in [0.3, 0.4) is 0 Å². The molecule has 5 heteroatoms. The maximum Gasteiger partial charge on any atom is 0.349 e. The van der Waals surface area contributed by atoms with Gasteiger partial charge >= 0.3 is 5.63 Å². The summed E-state index contributed by atoms with van der Waals surface area (Å²) in [5.41, 5.74) is 3.73. The quantitative estimate of drug-likeness (QED) is 0.359. The minimum atomic E-state index is -0.579. The highest BCUT2D eigenvalue weighted by molar-refractivity contribution is 6.07. The van der Waals surface area contributed by atoms with E-state index in [4.69, 9.17) is 4.42 Å². The lowest BCUT2D eigenvalue weighted by Crippen LogP contribution is -2.49. The van der Waals surface area contributed by atoms with E-state index in [1.54, 1.807) is 17.0 Å². The number of anilines is 1. The standard InChI is InChI=1S/C26H24N2O3/c1-17-7-9-20(15-18(17)2)27-11-13-28(14-12-27)25(29)23-16-22-21-6-4-3-5-19(21)8-10-24(22)31-26(23)30/h3-10,15-16H,11-14H2,1-2H3. The highest BCUT2D eigenvalue weighted by atomic mass is 16.4. The van der Waals surface area contributed by atoms with Gasteiger partial charge in [-0.3, -0.25) is 4.79 Å².